The Hall–Kier alpha value is -3.95. The van der Waals surface area contributed by atoms with Crippen LogP contribution in [0.2, 0.25) is 0 Å². The molecule has 10 heteroatoms. The van der Waals surface area contributed by atoms with E-state index in [1.807, 2.05) is 19.1 Å². The normalized spacial score (nSPS) is 11.0. The minimum absolute atomic E-state index is 0.00248. The Balaban J connectivity index is 1.59. The van der Waals surface area contributed by atoms with Gasteiger partial charge in [-0.05, 0) is 36.2 Å². The number of carbonyl (C=O) groups is 1. The number of carbonyl (C=O) groups excluding carboxylic acids is 1. The van der Waals surface area contributed by atoms with Gasteiger partial charge < -0.3 is 5.32 Å². The van der Waals surface area contributed by atoms with Crippen molar-refractivity contribution in [2.45, 2.75) is 19.9 Å². The molecule has 2 heterocycles. The van der Waals surface area contributed by atoms with Gasteiger partial charge in [0.2, 0.25) is 5.91 Å². The fourth-order valence-electron chi connectivity index (χ4n) is 2.95. The minimum atomic E-state index is -0.874. The molecule has 1 N–H and O–H groups in total. The Bertz CT molecular complexity index is 1300. The molecule has 0 aliphatic heterocycles. The van der Waals surface area contributed by atoms with Crippen LogP contribution in [-0.2, 0) is 17.8 Å². The number of rotatable bonds is 5. The second-order valence-corrected chi connectivity index (χ2v) is 6.55. The number of hydrogen-bond donors (Lipinski definition) is 1. The molecule has 30 heavy (non-hydrogen) atoms. The van der Waals surface area contributed by atoms with Crippen molar-refractivity contribution in [3.63, 3.8) is 0 Å². The molecule has 0 bridgehead atoms. The summed E-state index contributed by atoms with van der Waals surface area (Å²) in [6.45, 7) is 1.75. The quantitative estimate of drug-likeness (QED) is 0.545. The van der Waals surface area contributed by atoms with Gasteiger partial charge in [-0.2, -0.15) is 4.68 Å². The number of amides is 1. The van der Waals surface area contributed by atoms with Crippen molar-refractivity contribution in [1.82, 2.24) is 24.5 Å². The van der Waals surface area contributed by atoms with Crippen LogP contribution in [0.3, 0.4) is 0 Å². The Morgan fingerprint density at radius 1 is 1.13 bits per heavy atom. The molecule has 8 nitrogen and oxygen atoms in total. The monoisotopic (exact) mass is 410 g/mol. The highest BCUT2D eigenvalue weighted by Crippen LogP contribution is 2.17. The van der Waals surface area contributed by atoms with Crippen LogP contribution in [0.5, 0.6) is 0 Å². The average Bonchev–Trinajstić information content (AvgIpc) is 3.15. The molecule has 1 amide bonds. The lowest BCUT2D eigenvalue weighted by molar-refractivity contribution is -0.116. The molecule has 0 unspecified atom stereocenters. The molecule has 0 saturated heterocycles. The first-order valence-corrected chi connectivity index (χ1v) is 9.11. The van der Waals surface area contributed by atoms with Gasteiger partial charge in [-0.15, -0.1) is 5.10 Å². The maximum Gasteiger partial charge on any atom is 0.284 e. The van der Waals surface area contributed by atoms with E-state index in [4.69, 9.17) is 0 Å². The van der Waals surface area contributed by atoms with E-state index in [0.29, 0.717) is 11.8 Å². The number of aromatic nitrogens is 5. The zero-order valence-electron chi connectivity index (χ0n) is 15.8. The van der Waals surface area contributed by atoms with E-state index in [2.05, 4.69) is 20.6 Å². The molecule has 0 spiro atoms. The number of aryl methyl sites for hydroxylation is 1. The van der Waals surface area contributed by atoms with Gasteiger partial charge >= 0.3 is 0 Å². The molecular weight excluding hydrogens is 394 g/mol. The second-order valence-electron chi connectivity index (χ2n) is 6.55. The third-order valence-electron chi connectivity index (χ3n) is 4.53. The molecular formula is C20H16F2N6O2. The predicted octanol–water partition coefficient (Wildman–Crippen LogP) is 2.46. The van der Waals surface area contributed by atoms with Crippen molar-refractivity contribution < 1.29 is 13.6 Å². The first-order chi connectivity index (χ1) is 14.5. The maximum atomic E-state index is 14.1. The molecule has 0 atom stereocenters. The highest BCUT2D eigenvalue weighted by Gasteiger charge is 2.17. The predicted molar refractivity (Wildman–Crippen MR) is 105 cm³/mol. The summed E-state index contributed by atoms with van der Waals surface area (Å²) in [6, 6.07) is 10.3. The summed E-state index contributed by atoms with van der Waals surface area (Å²) in [7, 11) is 0. The van der Waals surface area contributed by atoms with E-state index in [0.717, 1.165) is 33.6 Å². The second kappa shape index (κ2) is 7.82. The SMILES string of the molecule is CCc1ccc(NC(=O)Cn2cnc3c(nnn3-c3ccc(F)cc3F)c2=O)cc1. The maximum absolute atomic E-state index is 14.1. The van der Waals surface area contributed by atoms with Crippen LogP contribution in [0.4, 0.5) is 14.5 Å². The van der Waals surface area contributed by atoms with Gasteiger partial charge in [0.15, 0.2) is 17.0 Å². The third-order valence-corrected chi connectivity index (χ3v) is 4.53. The van der Waals surface area contributed by atoms with Crippen LogP contribution in [0.1, 0.15) is 12.5 Å². The molecule has 4 aromatic rings. The molecule has 0 fully saturated rings. The summed E-state index contributed by atoms with van der Waals surface area (Å²) >= 11 is 0. The fourth-order valence-corrected chi connectivity index (χ4v) is 2.95. The number of nitrogens with zero attached hydrogens (tertiary/aromatic N) is 5. The van der Waals surface area contributed by atoms with Crippen LogP contribution in [0.15, 0.2) is 53.6 Å². The van der Waals surface area contributed by atoms with Gasteiger partial charge in [0.05, 0.1) is 0 Å². The van der Waals surface area contributed by atoms with Crippen molar-refractivity contribution >= 4 is 22.8 Å². The number of halogens is 2. The standard InChI is InChI=1S/C20H16F2N6O2/c1-2-12-3-6-14(7-4-12)24-17(29)10-27-11-23-19-18(20(27)30)25-26-28(19)16-8-5-13(21)9-15(16)22/h3-9,11H,2,10H2,1H3,(H,24,29). The van der Waals surface area contributed by atoms with E-state index >= 15 is 0 Å². The summed E-state index contributed by atoms with van der Waals surface area (Å²) in [4.78, 5) is 29.0. The number of benzene rings is 2. The molecule has 0 radical (unpaired) electrons. The van der Waals surface area contributed by atoms with Crippen LogP contribution < -0.4 is 10.9 Å². The third kappa shape index (κ3) is 3.66. The summed E-state index contributed by atoms with van der Waals surface area (Å²) in [5.74, 6) is -2.04. The van der Waals surface area contributed by atoms with Crippen LogP contribution in [-0.4, -0.2) is 30.5 Å². The van der Waals surface area contributed by atoms with Gasteiger partial charge in [0.25, 0.3) is 5.56 Å². The molecule has 2 aromatic carbocycles. The molecule has 0 aliphatic rings. The average molecular weight is 410 g/mol. The lowest BCUT2D eigenvalue weighted by Crippen LogP contribution is -2.28. The van der Waals surface area contributed by atoms with E-state index in [9.17, 15) is 18.4 Å². The minimum Gasteiger partial charge on any atom is -0.325 e. The topological polar surface area (TPSA) is 94.7 Å². The van der Waals surface area contributed by atoms with Crippen molar-refractivity contribution in [3.8, 4) is 5.69 Å². The number of hydrogen-bond acceptors (Lipinski definition) is 5. The van der Waals surface area contributed by atoms with E-state index in [1.54, 1.807) is 12.1 Å². The van der Waals surface area contributed by atoms with Crippen molar-refractivity contribution in [2.75, 3.05) is 5.32 Å². The van der Waals surface area contributed by atoms with Crippen LogP contribution >= 0.6 is 0 Å². The number of anilines is 1. The van der Waals surface area contributed by atoms with Gasteiger partial charge in [-0.3, -0.25) is 14.2 Å². The van der Waals surface area contributed by atoms with E-state index in [-0.39, 0.29) is 23.4 Å². The van der Waals surface area contributed by atoms with Gasteiger partial charge in [0, 0.05) is 11.8 Å². The summed E-state index contributed by atoms with van der Waals surface area (Å²) < 4.78 is 29.3. The van der Waals surface area contributed by atoms with Crippen LogP contribution in [0.25, 0.3) is 16.9 Å². The molecule has 0 aliphatic carbocycles. The molecule has 4 rings (SSSR count). The number of fused-ring (bicyclic) bond motifs is 1. The zero-order chi connectivity index (χ0) is 21.3. The van der Waals surface area contributed by atoms with Gasteiger partial charge in [-0.25, -0.2) is 13.8 Å². The lowest BCUT2D eigenvalue weighted by atomic mass is 10.1. The summed E-state index contributed by atoms with van der Waals surface area (Å²) in [6.07, 6.45) is 2.05. The van der Waals surface area contributed by atoms with Gasteiger partial charge in [0.1, 0.15) is 24.4 Å². The van der Waals surface area contributed by atoms with Gasteiger partial charge in [-0.1, -0.05) is 24.3 Å². The molecule has 152 valence electrons. The van der Waals surface area contributed by atoms with E-state index < -0.39 is 23.1 Å². The highest BCUT2D eigenvalue weighted by molar-refractivity contribution is 5.90. The van der Waals surface area contributed by atoms with Crippen LogP contribution in [0, 0.1) is 11.6 Å². The Kier molecular flexibility index (Phi) is 5.05. The van der Waals surface area contributed by atoms with Crippen molar-refractivity contribution in [1.29, 1.82) is 0 Å². The Morgan fingerprint density at radius 2 is 1.90 bits per heavy atom. The smallest absolute Gasteiger partial charge is 0.284 e. The zero-order valence-corrected chi connectivity index (χ0v) is 15.8. The largest absolute Gasteiger partial charge is 0.325 e. The highest BCUT2D eigenvalue weighted by atomic mass is 19.1. The first kappa shape index (κ1) is 19.4. The van der Waals surface area contributed by atoms with E-state index in [1.165, 1.54) is 6.07 Å². The van der Waals surface area contributed by atoms with Crippen molar-refractivity contribution in [2.24, 2.45) is 0 Å². The summed E-state index contributed by atoms with van der Waals surface area (Å²) in [5, 5.41) is 10.2. The Labute approximate surface area is 168 Å². The fraction of sp³-hybridized carbons (Fsp3) is 0.150. The summed E-state index contributed by atoms with van der Waals surface area (Å²) in [5.41, 5.74) is 0.900. The molecule has 2 aromatic heterocycles. The Morgan fingerprint density at radius 3 is 2.60 bits per heavy atom. The first-order valence-electron chi connectivity index (χ1n) is 9.11. The number of nitrogens with one attached hydrogen (secondary N) is 1. The van der Waals surface area contributed by atoms with Crippen molar-refractivity contribution in [3.05, 3.63) is 76.3 Å². The lowest BCUT2D eigenvalue weighted by Gasteiger charge is -2.08. The molecule has 0 saturated carbocycles.